The van der Waals surface area contributed by atoms with E-state index in [4.69, 9.17) is 9.26 Å². The standard InChI is InChI=1S/C21H22N4O3/c1-14-7-5-8-15(13-14)22-21(26)25-12-6-10-17(25)20-23-19(24-28-20)16-9-3-4-11-18(16)27-2/h3-5,7-9,11,13,17H,6,10,12H2,1-2H3,(H,22,26)/t17-/m0/s1. The molecule has 1 atom stereocenters. The van der Waals surface area contributed by atoms with Crippen LogP contribution in [0.2, 0.25) is 0 Å². The van der Waals surface area contributed by atoms with Crippen molar-refractivity contribution in [2.24, 2.45) is 0 Å². The Kier molecular flexibility index (Phi) is 4.97. The van der Waals surface area contributed by atoms with Crippen LogP contribution in [0.4, 0.5) is 10.5 Å². The third-order valence-electron chi connectivity index (χ3n) is 4.86. The maximum atomic E-state index is 12.8. The number of aryl methyl sites for hydroxylation is 1. The van der Waals surface area contributed by atoms with Crippen molar-refractivity contribution in [3.05, 3.63) is 60.0 Å². The molecular weight excluding hydrogens is 356 g/mol. The first kappa shape index (κ1) is 18.0. The van der Waals surface area contributed by atoms with Crippen LogP contribution in [0.5, 0.6) is 5.75 Å². The molecule has 0 aliphatic carbocycles. The number of methoxy groups -OCH3 is 1. The summed E-state index contributed by atoms with van der Waals surface area (Å²) in [6.45, 7) is 2.64. The molecule has 0 unspecified atom stereocenters. The van der Waals surface area contributed by atoms with Crippen LogP contribution in [-0.2, 0) is 0 Å². The normalized spacial score (nSPS) is 16.2. The van der Waals surface area contributed by atoms with Crippen molar-refractivity contribution in [3.8, 4) is 17.1 Å². The summed E-state index contributed by atoms with van der Waals surface area (Å²) in [7, 11) is 1.61. The summed E-state index contributed by atoms with van der Waals surface area (Å²) in [5.74, 6) is 1.58. The van der Waals surface area contributed by atoms with Crippen LogP contribution in [0.15, 0.2) is 53.1 Å². The van der Waals surface area contributed by atoms with Crippen LogP contribution in [0.3, 0.4) is 0 Å². The van der Waals surface area contributed by atoms with Gasteiger partial charge in [-0.2, -0.15) is 4.98 Å². The summed E-state index contributed by atoms with van der Waals surface area (Å²) in [4.78, 5) is 19.1. The van der Waals surface area contributed by atoms with Gasteiger partial charge in [0, 0.05) is 12.2 Å². The topological polar surface area (TPSA) is 80.5 Å². The van der Waals surface area contributed by atoms with E-state index in [0.717, 1.165) is 29.7 Å². The van der Waals surface area contributed by atoms with Crippen molar-refractivity contribution in [1.82, 2.24) is 15.0 Å². The molecule has 1 aliphatic heterocycles. The Morgan fingerprint density at radius 3 is 2.93 bits per heavy atom. The molecule has 0 radical (unpaired) electrons. The molecule has 0 saturated carbocycles. The molecule has 144 valence electrons. The number of aromatic nitrogens is 2. The number of urea groups is 1. The number of ether oxygens (including phenoxy) is 1. The highest BCUT2D eigenvalue weighted by molar-refractivity contribution is 5.89. The number of carbonyl (C=O) groups is 1. The van der Waals surface area contributed by atoms with Gasteiger partial charge in [0.05, 0.1) is 12.7 Å². The minimum Gasteiger partial charge on any atom is -0.496 e. The highest BCUT2D eigenvalue weighted by Crippen LogP contribution is 2.34. The van der Waals surface area contributed by atoms with E-state index in [1.165, 1.54) is 0 Å². The van der Waals surface area contributed by atoms with Gasteiger partial charge in [-0.05, 0) is 49.6 Å². The number of rotatable bonds is 4. The third kappa shape index (κ3) is 3.55. The second-order valence-corrected chi connectivity index (χ2v) is 6.81. The highest BCUT2D eigenvalue weighted by Gasteiger charge is 2.34. The van der Waals surface area contributed by atoms with E-state index in [9.17, 15) is 4.79 Å². The lowest BCUT2D eigenvalue weighted by Crippen LogP contribution is -2.34. The van der Waals surface area contributed by atoms with Gasteiger partial charge in [0.15, 0.2) is 0 Å². The SMILES string of the molecule is COc1ccccc1-c1noc([C@@H]2CCCN2C(=O)Nc2cccc(C)c2)n1. The quantitative estimate of drug-likeness (QED) is 0.727. The van der Waals surface area contributed by atoms with Crippen LogP contribution in [0.1, 0.15) is 30.3 Å². The number of para-hydroxylation sites is 1. The Morgan fingerprint density at radius 1 is 1.25 bits per heavy atom. The summed E-state index contributed by atoms with van der Waals surface area (Å²) < 4.78 is 10.9. The summed E-state index contributed by atoms with van der Waals surface area (Å²) in [5.41, 5.74) is 2.62. The van der Waals surface area contributed by atoms with E-state index >= 15 is 0 Å². The van der Waals surface area contributed by atoms with Crippen molar-refractivity contribution < 1.29 is 14.1 Å². The molecular formula is C21H22N4O3. The molecule has 28 heavy (non-hydrogen) atoms. The van der Waals surface area contributed by atoms with E-state index in [1.807, 2.05) is 55.5 Å². The van der Waals surface area contributed by atoms with E-state index < -0.39 is 0 Å². The molecule has 2 heterocycles. The summed E-state index contributed by atoms with van der Waals surface area (Å²) in [5, 5.41) is 7.06. The van der Waals surface area contributed by atoms with Gasteiger partial charge in [0.25, 0.3) is 0 Å². The molecule has 2 aromatic carbocycles. The fourth-order valence-electron chi connectivity index (χ4n) is 3.49. The van der Waals surface area contributed by atoms with Crippen LogP contribution in [-0.4, -0.2) is 34.7 Å². The highest BCUT2D eigenvalue weighted by atomic mass is 16.5. The second-order valence-electron chi connectivity index (χ2n) is 6.81. The maximum absolute atomic E-state index is 12.8. The third-order valence-corrected chi connectivity index (χ3v) is 4.86. The summed E-state index contributed by atoms with van der Waals surface area (Å²) >= 11 is 0. The first-order valence-electron chi connectivity index (χ1n) is 9.27. The van der Waals surface area contributed by atoms with Gasteiger partial charge in [-0.15, -0.1) is 0 Å². The van der Waals surface area contributed by atoms with E-state index in [1.54, 1.807) is 12.0 Å². The molecule has 4 rings (SSSR count). The van der Waals surface area contributed by atoms with Crippen molar-refractivity contribution in [2.75, 3.05) is 19.0 Å². The minimum absolute atomic E-state index is 0.162. The molecule has 7 nitrogen and oxygen atoms in total. The molecule has 2 amide bonds. The monoisotopic (exact) mass is 378 g/mol. The Bertz CT molecular complexity index is 985. The molecule has 0 spiro atoms. The lowest BCUT2D eigenvalue weighted by Gasteiger charge is -2.22. The molecule has 3 aromatic rings. The molecule has 1 aromatic heterocycles. The number of benzene rings is 2. The van der Waals surface area contributed by atoms with Crippen LogP contribution >= 0.6 is 0 Å². The smallest absolute Gasteiger partial charge is 0.322 e. The second kappa shape index (κ2) is 7.72. The van der Waals surface area contributed by atoms with E-state index in [0.29, 0.717) is 24.0 Å². The minimum atomic E-state index is -0.235. The first-order valence-corrected chi connectivity index (χ1v) is 9.27. The maximum Gasteiger partial charge on any atom is 0.322 e. The van der Waals surface area contributed by atoms with Crippen molar-refractivity contribution in [3.63, 3.8) is 0 Å². The molecule has 0 bridgehead atoms. The Hall–Kier alpha value is -3.35. The van der Waals surface area contributed by atoms with Gasteiger partial charge >= 0.3 is 6.03 Å². The van der Waals surface area contributed by atoms with Gasteiger partial charge in [-0.1, -0.05) is 29.4 Å². The molecule has 1 fully saturated rings. The number of anilines is 1. The zero-order valence-corrected chi connectivity index (χ0v) is 15.9. The van der Waals surface area contributed by atoms with Crippen molar-refractivity contribution in [2.45, 2.75) is 25.8 Å². The molecule has 7 heteroatoms. The number of hydrogen-bond donors (Lipinski definition) is 1. The summed E-state index contributed by atoms with van der Waals surface area (Å²) in [6.07, 6.45) is 1.67. The van der Waals surface area contributed by atoms with Gasteiger partial charge in [-0.3, -0.25) is 0 Å². The lowest BCUT2D eigenvalue weighted by atomic mass is 10.2. The van der Waals surface area contributed by atoms with E-state index in [2.05, 4.69) is 15.5 Å². The Labute approximate surface area is 163 Å². The Balaban J connectivity index is 1.54. The average molecular weight is 378 g/mol. The van der Waals surface area contributed by atoms with E-state index in [-0.39, 0.29) is 12.1 Å². The first-order chi connectivity index (χ1) is 13.7. The van der Waals surface area contributed by atoms with Crippen LogP contribution in [0, 0.1) is 6.92 Å². The largest absolute Gasteiger partial charge is 0.496 e. The fourth-order valence-corrected chi connectivity index (χ4v) is 3.49. The van der Waals surface area contributed by atoms with Gasteiger partial charge in [0.1, 0.15) is 11.8 Å². The molecule has 1 N–H and O–H groups in total. The van der Waals surface area contributed by atoms with Gasteiger partial charge in [-0.25, -0.2) is 4.79 Å². The Morgan fingerprint density at radius 2 is 2.11 bits per heavy atom. The number of carbonyl (C=O) groups excluding carboxylic acids is 1. The number of nitrogens with zero attached hydrogens (tertiary/aromatic N) is 3. The number of likely N-dealkylation sites (tertiary alicyclic amines) is 1. The zero-order valence-electron chi connectivity index (χ0n) is 15.9. The number of hydrogen-bond acceptors (Lipinski definition) is 5. The summed E-state index contributed by atoms with van der Waals surface area (Å²) in [6, 6.07) is 14.8. The zero-order chi connectivity index (χ0) is 19.5. The number of nitrogens with one attached hydrogen (secondary N) is 1. The van der Waals surface area contributed by atoms with Crippen LogP contribution in [0.25, 0.3) is 11.4 Å². The predicted molar refractivity (Wildman–Crippen MR) is 105 cm³/mol. The van der Waals surface area contributed by atoms with Gasteiger partial charge < -0.3 is 19.5 Å². The average Bonchev–Trinajstić information content (AvgIpc) is 3.37. The lowest BCUT2D eigenvalue weighted by molar-refractivity contribution is 0.193. The number of amides is 2. The molecule has 1 saturated heterocycles. The van der Waals surface area contributed by atoms with Gasteiger partial charge in [0.2, 0.25) is 11.7 Å². The molecule has 1 aliphatic rings. The predicted octanol–water partition coefficient (Wildman–Crippen LogP) is 4.42. The van der Waals surface area contributed by atoms with Crippen molar-refractivity contribution in [1.29, 1.82) is 0 Å². The van der Waals surface area contributed by atoms with Crippen LogP contribution < -0.4 is 10.1 Å². The van der Waals surface area contributed by atoms with Crippen molar-refractivity contribution >= 4 is 11.7 Å². The fraction of sp³-hybridized carbons (Fsp3) is 0.286.